The molecule has 10 aromatic rings. The standard InChI is InChI=1S/C30H26BrO4S.C24H22BrO4S.C23H20BrO4S/c1-22(31)30(33)35-28(23-11-5-2-6-12-23)21-29(32)34-24-17-19-27(20-18-24)36(25-13-7-3-8-14-25)26-15-9-4-10-16-26;1-18(25)23(26)28-16-17-29-24(27)19-12-14-22(15-13-19)30(20-8-4-2-5-9-20)21-10-6-3-7-11-21;24-17-22(25)27-15-16-28-23(26)18-11-13-21(14-12-18)29(19-7-3-1-4-8-19)20-9-5-2-6-10-20/h2-20,22,28H,21H2,1H3;2-15,18H,16-17H2,1H3;1-14H,15-17H2/q3*+1. The molecule has 484 valence electrons. The van der Waals surface area contributed by atoms with Gasteiger partial charge in [-0.1, -0.05) is 187 Å². The van der Waals surface area contributed by atoms with Crippen LogP contribution in [0.15, 0.2) is 329 Å². The van der Waals surface area contributed by atoms with E-state index < -0.39 is 34.8 Å². The molecule has 0 aliphatic heterocycles. The number of rotatable bonds is 25. The topological polar surface area (TPSA) is 158 Å². The van der Waals surface area contributed by atoms with Crippen molar-refractivity contribution in [1.82, 2.24) is 0 Å². The van der Waals surface area contributed by atoms with Crippen LogP contribution < -0.4 is 4.74 Å². The summed E-state index contributed by atoms with van der Waals surface area (Å²) in [5.41, 5.74) is 1.66. The Morgan fingerprint density at radius 1 is 0.337 bits per heavy atom. The zero-order valence-corrected chi connectivity index (χ0v) is 59.1. The third kappa shape index (κ3) is 22.9. The van der Waals surface area contributed by atoms with Crippen molar-refractivity contribution in [3.05, 3.63) is 302 Å². The molecule has 10 aromatic carbocycles. The molecule has 0 aliphatic carbocycles. The number of benzene rings is 10. The smallest absolute Gasteiger partial charge is 0.338 e. The zero-order chi connectivity index (χ0) is 67.2. The van der Waals surface area contributed by atoms with Gasteiger partial charge in [-0.05, 0) is 165 Å². The van der Waals surface area contributed by atoms with Crippen molar-refractivity contribution in [2.24, 2.45) is 0 Å². The van der Waals surface area contributed by atoms with E-state index in [9.17, 15) is 28.8 Å². The highest BCUT2D eigenvalue weighted by molar-refractivity contribution is 9.10. The summed E-state index contributed by atoms with van der Waals surface area (Å²) in [7, 11) is -0.813. The summed E-state index contributed by atoms with van der Waals surface area (Å²) in [4.78, 5) is 81.6. The number of ether oxygens (including phenoxy) is 6. The Balaban J connectivity index is 0.000000184. The first-order valence-electron chi connectivity index (χ1n) is 30.1. The lowest BCUT2D eigenvalue weighted by Crippen LogP contribution is -2.21. The van der Waals surface area contributed by atoms with Gasteiger partial charge in [0.05, 0.1) is 50.2 Å². The number of esters is 6. The minimum Gasteiger partial charge on any atom is -0.461 e. The van der Waals surface area contributed by atoms with Crippen LogP contribution in [0.2, 0.25) is 0 Å². The Morgan fingerprint density at radius 3 is 0.937 bits per heavy atom. The third-order valence-corrected chi connectivity index (χ3v) is 21.4. The second-order valence-corrected chi connectivity index (χ2v) is 29.7. The summed E-state index contributed by atoms with van der Waals surface area (Å²) < 4.78 is 31.4. The van der Waals surface area contributed by atoms with Crippen LogP contribution in [-0.2, 0) is 75.5 Å². The van der Waals surface area contributed by atoms with E-state index in [1.165, 1.54) is 29.4 Å². The van der Waals surface area contributed by atoms with E-state index in [0.29, 0.717) is 16.9 Å². The molecule has 0 bridgehead atoms. The first-order chi connectivity index (χ1) is 46.3. The molecule has 0 amide bonds. The van der Waals surface area contributed by atoms with Gasteiger partial charge in [-0.3, -0.25) is 19.2 Å². The van der Waals surface area contributed by atoms with Gasteiger partial charge in [0, 0.05) is 0 Å². The highest BCUT2D eigenvalue weighted by Gasteiger charge is 2.32. The van der Waals surface area contributed by atoms with E-state index in [-0.39, 0.29) is 87.6 Å². The van der Waals surface area contributed by atoms with Gasteiger partial charge in [-0.2, -0.15) is 0 Å². The van der Waals surface area contributed by atoms with Crippen LogP contribution in [0, 0.1) is 0 Å². The molecule has 0 fully saturated rings. The first kappa shape index (κ1) is 72.3. The molecule has 0 aliphatic rings. The van der Waals surface area contributed by atoms with Crippen LogP contribution in [0.3, 0.4) is 0 Å². The van der Waals surface area contributed by atoms with Crippen LogP contribution in [0.25, 0.3) is 0 Å². The van der Waals surface area contributed by atoms with Gasteiger partial charge in [-0.25, -0.2) is 9.59 Å². The van der Waals surface area contributed by atoms with E-state index in [1.54, 1.807) is 38.1 Å². The second-order valence-electron chi connectivity index (χ2n) is 20.4. The predicted molar refractivity (Wildman–Crippen MR) is 383 cm³/mol. The molecule has 10 rings (SSSR count). The summed E-state index contributed by atoms with van der Waals surface area (Å²) in [5, 5.41) is 0.118. The fourth-order valence-corrected chi connectivity index (χ4v) is 15.7. The molecule has 0 heterocycles. The molecule has 0 spiro atoms. The molecule has 3 unspecified atom stereocenters. The molecule has 0 saturated heterocycles. The lowest BCUT2D eigenvalue weighted by molar-refractivity contribution is -0.152. The minimum atomic E-state index is -0.729. The van der Waals surface area contributed by atoms with Crippen molar-refractivity contribution >= 4 is 116 Å². The Hall–Kier alpha value is -8.49. The van der Waals surface area contributed by atoms with E-state index >= 15 is 0 Å². The van der Waals surface area contributed by atoms with Crippen molar-refractivity contribution in [2.75, 3.05) is 31.8 Å². The van der Waals surface area contributed by atoms with E-state index in [0.717, 1.165) is 20.2 Å². The second kappa shape index (κ2) is 38.8. The normalized spacial score (nSPS) is 11.7. The first-order valence-corrected chi connectivity index (χ1v) is 36.7. The summed E-state index contributed by atoms with van der Waals surface area (Å²) in [6, 6.07) is 93.7. The maximum Gasteiger partial charge on any atom is 0.338 e. The van der Waals surface area contributed by atoms with Crippen molar-refractivity contribution < 1.29 is 57.2 Å². The minimum absolute atomic E-state index is 0.0183. The van der Waals surface area contributed by atoms with Gasteiger partial charge in [0.2, 0.25) is 0 Å². The maximum atomic E-state index is 12.8. The summed E-state index contributed by atoms with van der Waals surface area (Å²) in [6.07, 6.45) is -0.817. The quantitative estimate of drug-likeness (QED) is 0.0133. The van der Waals surface area contributed by atoms with Crippen LogP contribution in [0.4, 0.5) is 0 Å². The lowest BCUT2D eigenvalue weighted by atomic mass is 10.1. The Kier molecular flexibility index (Phi) is 29.5. The molecular weight excluding hydrogens is 1450 g/mol. The summed E-state index contributed by atoms with van der Waals surface area (Å²) in [5.74, 6) is -2.12. The van der Waals surface area contributed by atoms with Crippen LogP contribution >= 0.6 is 47.8 Å². The maximum absolute atomic E-state index is 12.8. The number of alkyl halides is 3. The van der Waals surface area contributed by atoms with Gasteiger partial charge in [-0.15, -0.1) is 0 Å². The third-order valence-electron chi connectivity index (χ3n) is 13.5. The molecule has 0 aromatic heterocycles. The van der Waals surface area contributed by atoms with Crippen molar-refractivity contribution in [3.8, 4) is 5.75 Å². The van der Waals surface area contributed by atoms with Gasteiger partial charge in [0.15, 0.2) is 44.1 Å². The van der Waals surface area contributed by atoms with Crippen molar-refractivity contribution in [2.45, 2.75) is 80.1 Å². The summed E-state index contributed by atoms with van der Waals surface area (Å²) in [6.45, 7) is 3.48. The Morgan fingerprint density at radius 2 is 0.621 bits per heavy atom. The summed E-state index contributed by atoms with van der Waals surface area (Å²) >= 11 is 9.35. The lowest BCUT2D eigenvalue weighted by Gasteiger charge is -2.18. The monoisotopic (exact) mass is 1520 g/mol. The highest BCUT2D eigenvalue weighted by Crippen LogP contribution is 2.35. The average Bonchev–Trinajstić information content (AvgIpc) is 1.08. The Bertz CT molecular complexity index is 3860. The number of halogens is 3. The molecule has 3 atom stereocenters. The number of hydrogen-bond acceptors (Lipinski definition) is 12. The number of carbonyl (C=O) groups excluding carboxylic acids is 6. The van der Waals surface area contributed by atoms with Crippen LogP contribution in [-0.4, -0.2) is 77.2 Å². The number of carbonyl (C=O) groups is 6. The van der Waals surface area contributed by atoms with E-state index in [2.05, 4.69) is 121 Å². The SMILES string of the molecule is CC(Br)C(=O)OC(CC(=O)Oc1ccc([S+](c2ccccc2)c2ccccc2)cc1)c1ccccc1.CC(Br)C(=O)OCCOC(=O)c1ccc([S+](c2ccccc2)c2ccccc2)cc1.O=C(CBr)OCCOC(=O)c1ccc([S+](c2ccccc2)c2ccccc2)cc1. The average molecular weight is 1520 g/mol. The largest absolute Gasteiger partial charge is 0.461 e. The van der Waals surface area contributed by atoms with E-state index in [1.807, 2.05) is 188 Å². The fraction of sp³-hybridized carbons (Fsp3) is 0.143. The van der Waals surface area contributed by atoms with E-state index in [4.69, 9.17) is 28.4 Å². The van der Waals surface area contributed by atoms with Gasteiger partial charge < -0.3 is 28.4 Å². The zero-order valence-electron chi connectivity index (χ0n) is 51.9. The number of hydrogen-bond donors (Lipinski definition) is 0. The molecule has 0 saturated carbocycles. The molecular formula is C77H68Br3O12S3+3. The Labute approximate surface area is 588 Å². The highest BCUT2D eigenvalue weighted by atomic mass is 79.9. The molecule has 95 heavy (non-hydrogen) atoms. The van der Waals surface area contributed by atoms with Gasteiger partial charge >= 0.3 is 35.8 Å². The molecule has 18 heteroatoms. The van der Waals surface area contributed by atoms with Crippen molar-refractivity contribution in [3.63, 3.8) is 0 Å². The van der Waals surface area contributed by atoms with Gasteiger partial charge in [0.1, 0.15) is 53.3 Å². The molecule has 0 N–H and O–H groups in total. The molecule has 12 nitrogen and oxygen atoms in total. The van der Waals surface area contributed by atoms with Crippen LogP contribution in [0.5, 0.6) is 5.75 Å². The van der Waals surface area contributed by atoms with Crippen molar-refractivity contribution in [1.29, 1.82) is 0 Å². The predicted octanol–water partition coefficient (Wildman–Crippen LogP) is 17.3. The van der Waals surface area contributed by atoms with Gasteiger partial charge in [0.25, 0.3) is 0 Å². The van der Waals surface area contributed by atoms with Crippen LogP contribution in [0.1, 0.15) is 52.7 Å². The fourth-order valence-electron chi connectivity index (χ4n) is 9.00. The molecule has 0 radical (unpaired) electrons.